The third kappa shape index (κ3) is 3.29. The van der Waals surface area contributed by atoms with E-state index in [2.05, 4.69) is 25.9 Å². The number of hydrogen-bond donors (Lipinski definition) is 1. The first kappa shape index (κ1) is 12.7. The van der Waals surface area contributed by atoms with E-state index in [9.17, 15) is 5.11 Å². The molecular weight excluding hydrogens is 258 g/mol. The number of aliphatic hydroxyl groups is 1. The van der Waals surface area contributed by atoms with Gasteiger partial charge in [0, 0.05) is 20.1 Å². The number of halogens is 1. The van der Waals surface area contributed by atoms with E-state index < -0.39 is 0 Å². The third-order valence-corrected chi connectivity index (χ3v) is 3.29. The van der Waals surface area contributed by atoms with Gasteiger partial charge in [-0.2, -0.15) is 5.10 Å². The van der Waals surface area contributed by atoms with Gasteiger partial charge in [0.15, 0.2) is 0 Å². The predicted molar refractivity (Wildman–Crippen MR) is 63.7 cm³/mol. The molecule has 15 heavy (non-hydrogen) atoms. The lowest BCUT2D eigenvalue weighted by atomic mass is 10.3. The quantitative estimate of drug-likeness (QED) is 0.901. The van der Waals surface area contributed by atoms with Crippen molar-refractivity contribution in [1.29, 1.82) is 0 Å². The highest BCUT2D eigenvalue weighted by Gasteiger charge is 2.13. The Hall–Kier alpha value is -0.390. The molecular formula is C10H18BrN3O. The molecule has 0 spiro atoms. The minimum atomic E-state index is -0.303. The van der Waals surface area contributed by atoms with Crippen LogP contribution in [-0.2, 0) is 13.6 Å². The molecule has 86 valence electrons. The van der Waals surface area contributed by atoms with E-state index in [1.54, 1.807) is 6.92 Å². The monoisotopic (exact) mass is 275 g/mol. The molecule has 1 atom stereocenters. The van der Waals surface area contributed by atoms with Gasteiger partial charge in [0.1, 0.15) is 0 Å². The van der Waals surface area contributed by atoms with E-state index in [0.717, 1.165) is 22.4 Å². The summed E-state index contributed by atoms with van der Waals surface area (Å²) in [6, 6.07) is 0. The summed E-state index contributed by atoms with van der Waals surface area (Å²) in [4.78, 5) is 2.08. The fourth-order valence-corrected chi connectivity index (χ4v) is 2.08. The standard InChI is InChI=1S/C10H18BrN3O/c1-7(15)5-13(3)6-9-10(11)8(2)12-14(9)4/h7,15H,5-6H2,1-4H3. The van der Waals surface area contributed by atoms with Crippen molar-refractivity contribution in [3.63, 3.8) is 0 Å². The Kier molecular flexibility index (Phi) is 4.31. The zero-order valence-corrected chi connectivity index (χ0v) is 11.2. The number of rotatable bonds is 4. The second-order valence-corrected chi connectivity index (χ2v) is 4.81. The first-order valence-corrected chi connectivity index (χ1v) is 5.75. The number of aromatic nitrogens is 2. The van der Waals surface area contributed by atoms with E-state index in [-0.39, 0.29) is 6.10 Å². The molecule has 0 fully saturated rings. The molecule has 0 saturated heterocycles. The van der Waals surface area contributed by atoms with Gasteiger partial charge in [-0.05, 0) is 36.8 Å². The number of hydrogen-bond acceptors (Lipinski definition) is 3. The van der Waals surface area contributed by atoms with Crippen LogP contribution in [0.5, 0.6) is 0 Å². The maximum absolute atomic E-state index is 9.27. The van der Waals surface area contributed by atoms with Crippen LogP contribution in [0.15, 0.2) is 4.47 Å². The lowest BCUT2D eigenvalue weighted by molar-refractivity contribution is 0.137. The molecule has 1 aromatic rings. The minimum absolute atomic E-state index is 0.303. The molecule has 1 N–H and O–H groups in total. The van der Waals surface area contributed by atoms with Crippen LogP contribution >= 0.6 is 15.9 Å². The Morgan fingerprint density at radius 3 is 2.60 bits per heavy atom. The van der Waals surface area contributed by atoms with E-state index in [4.69, 9.17) is 0 Å². The summed E-state index contributed by atoms with van der Waals surface area (Å²) in [5, 5.41) is 13.6. The van der Waals surface area contributed by atoms with Crippen molar-refractivity contribution in [1.82, 2.24) is 14.7 Å². The Balaban J connectivity index is 2.71. The molecule has 1 heterocycles. The van der Waals surface area contributed by atoms with Crippen LogP contribution in [0.3, 0.4) is 0 Å². The molecule has 0 amide bonds. The highest BCUT2D eigenvalue weighted by molar-refractivity contribution is 9.10. The van der Waals surface area contributed by atoms with E-state index >= 15 is 0 Å². The molecule has 1 rings (SSSR count). The van der Waals surface area contributed by atoms with Gasteiger partial charge in [0.25, 0.3) is 0 Å². The molecule has 1 unspecified atom stereocenters. The fourth-order valence-electron chi connectivity index (χ4n) is 1.62. The van der Waals surface area contributed by atoms with Gasteiger partial charge < -0.3 is 5.11 Å². The highest BCUT2D eigenvalue weighted by atomic mass is 79.9. The molecule has 0 aromatic carbocycles. The van der Waals surface area contributed by atoms with Gasteiger partial charge in [-0.1, -0.05) is 0 Å². The van der Waals surface area contributed by atoms with E-state index in [1.807, 2.05) is 25.7 Å². The predicted octanol–water partition coefficient (Wildman–Crippen LogP) is 1.30. The molecule has 0 aliphatic rings. The van der Waals surface area contributed by atoms with Crippen molar-refractivity contribution >= 4 is 15.9 Å². The minimum Gasteiger partial charge on any atom is -0.392 e. The Morgan fingerprint density at radius 1 is 1.60 bits per heavy atom. The summed E-state index contributed by atoms with van der Waals surface area (Å²) in [5.41, 5.74) is 2.13. The van der Waals surface area contributed by atoms with Crippen molar-refractivity contribution in [3.8, 4) is 0 Å². The molecule has 0 saturated carbocycles. The Labute approximate surface area is 99.0 Å². The van der Waals surface area contributed by atoms with Crippen LogP contribution in [0.4, 0.5) is 0 Å². The van der Waals surface area contributed by atoms with Gasteiger partial charge in [-0.25, -0.2) is 0 Å². The Morgan fingerprint density at radius 2 is 2.20 bits per heavy atom. The van der Waals surface area contributed by atoms with Gasteiger partial charge in [0.05, 0.1) is 22.0 Å². The Bertz CT molecular complexity index is 336. The first-order chi connectivity index (χ1) is 6.91. The zero-order valence-electron chi connectivity index (χ0n) is 9.66. The molecule has 0 bridgehead atoms. The molecule has 0 aliphatic carbocycles. The lowest BCUT2D eigenvalue weighted by Gasteiger charge is -2.18. The first-order valence-electron chi connectivity index (χ1n) is 4.96. The van der Waals surface area contributed by atoms with Crippen LogP contribution in [0.2, 0.25) is 0 Å². The zero-order chi connectivity index (χ0) is 11.6. The second-order valence-electron chi connectivity index (χ2n) is 4.02. The molecule has 1 aromatic heterocycles. The maximum Gasteiger partial charge on any atom is 0.0739 e. The largest absolute Gasteiger partial charge is 0.392 e. The summed E-state index contributed by atoms with van der Waals surface area (Å²) in [6.45, 7) is 5.21. The molecule has 4 nitrogen and oxygen atoms in total. The van der Waals surface area contributed by atoms with Crippen LogP contribution in [-0.4, -0.2) is 39.5 Å². The van der Waals surface area contributed by atoms with E-state index in [1.165, 1.54) is 0 Å². The summed E-state index contributed by atoms with van der Waals surface area (Å²) in [6.07, 6.45) is -0.303. The summed E-state index contributed by atoms with van der Waals surface area (Å²) < 4.78 is 2.93. The average molecular weight is 276 g/mol. The number of aryl methyl sites for hydroxylation is 2. The SMILES string of the molecule is Cc1nn(C)c(CN(C)CC(C)O)c1Br. The van der Waals surface area contributed by atoms with Crippen LogP contribution in [0.25, 0.3) is 0 Å². The second kappa shape index (κ2) is 5.09. The normalized spacial score (nSPS) is 13.5. The number of likely N-dealkylation sites (N-methyl/N-ethyl adjacent to an activating group) is 1. The van der Waals surface area contributed by atoms with Crippen LogP contribution in [0, 0.1) is 6.92 Å². The van der Waals surface area contributed by atoms with Crippen molar-refractivity contribution in [2.75, 3.05) is 13.6 Å². The highest BCUT2D eigenvalue weighted by Crippen LogP contribution is 2.21. The molecule has 0 aliphatic heterocycles. The van der Waals surface area contributed by atoms with Gasteiger partial charge in [-0.15, -0.1) is 0 Å². The van der Waals surface area contributed by atoms with Crippen LogP contribution < -0.4 is 0 Å². The van der Waals surface area contributed by atoms with Gasteiger partial charge in [-0.3, -0.25) is 9.58 Å². The molecule has 5 heteroatoms. The topological polar surface area (TPSA) is 41.3 Å². The third-order valence-electron chi connectivity index (χ3n) is 2.26. The summed E-state index contributed by atoms with van der Waals surface area (Å²) >= 11 is 3.52. The van der Waals surface area contributed by atoms with Gasteiger partial charge >= 0.3 is 0 Å². The van der Waals surface area contributed by atoms with Crippen molar-refractivity contribution < 1.29 is 5.11 Å². The number of nitrogens with zero attached hydrogens (tertiary/aromatic N) is 3. The summed E-state index contributed by atoms with van der Waals surface area (Å²) in [7, 11) is 3.92. The summed E-state index contributed by atoms with van der Waals surface area (Å²) in [5.74, 6) is 0. The smallest absolute Gasteiger partial charge is 0.0739 e. The lowest BCUT2D eigenvalue weighted by Crippen LogP contribution is -2.27. The van der Waals surface area contributed by atoms with E-state index in [0.29, 0.717) is 6.54 Å². The van der Waals surface area contributed by atoms with Crippen molar-refractivity contribution in [2.45, 2.75) is 26.5 Å². The fraction of sp³-hybridized carbons (Fsp3) is 0.700. The maximum atomic E-state index is 9.27. The van der Waals surface area contributed by atoms with Crippen molar-refractivity contribution in [3.05, 3.63) is 15.9 Å². The van der Waals surface area contributed by atoms with Crippen molar-refractivity contribution in [2.24, 2.45) is 7.05 Å². The van der Waals surface area contributed by atoms with Crippen LogP contribution in [0.1, 0.15) is 18.3 Å². The average Bonchev–Trinajstić information content (AvgIpc) is 2.31. The van der Waals surface area contributed by atoms with Gasteiger partial charge in [0.2, 0.25) is 0 Å². The number of aliphatic hydroxyl groups excluding tert-OH is 1. The molecule has 0 radical (unpaired) electrons.